The number of carbonyl (C=O) groups excluding carboxylic acids is 2. The lowest BCUT2D eigenvalue weighted by molar-refractivity contribution is -0.148. The Bertz CT molecular complexity index is 259. The average Bonchev–Trinajstić information content (AvgIpc) is 2.28. The maximum Gasteiger partial charge on any atom is 0.290 e. The van der Waals surface area contributed by atoms with Crippen LogP contribution >= 0.6 is 0 Å². The van der Waals surface area contributed by atoms with E-state index in [2.05, 4.69) is 6.92 Å². The van der Waals surface area contributed by atoms with Crippen molar-refractivity contribution >= 4 is 11.7 Å². The van der Waals surface area contributed by atoms with E-state index in [4.69, 9.17) is 0 Å². The van der Waals surface area contributed by atoms with Crippen LogP contribution in [0.5, 0.6) is 0 Å². The number of piperidine rings is 1. The van der Waals surface area contributed by atoms with Gasteiger partial charge in [0.05, 0.1) is 0 Å². The van der Waals surface area contributed by atoms with Gasteiger partial charge in [0.2, 0.25) is 5.78 Å². The summed E-state index contributed by atoms with van der Waals surface area (Å²) in [6.45, 7) is 6.47. The van der Waals surface area contributed by atoms with Crippen LogP contribution in [0.15, 0.2) is 0 Å². The SMILES string of the molecule is CCCC1CCCCN1C(=O)C(=O)C(C)C. The smallest absolute Gasteiger partial charge is 0.290 e. The maximum atomic E-state index is 12.0. The monoisotopic (exact) mass is 225 g/mol. The summed E-state index contributed by atoms with van der Waals surface area (Å²) in [6, 6.07) is 0.300. The quantitative estimate of drug-likeness (QED) is 0.689. The number of hydrogen-bond donors (Lipinski definition) is 0. The molecule has 0 spiro atoms. The molecule has 1 aliphatic rings. The fraction of sp³-hybridized carbons (Fsp3) is 0.846. The molecule has 1 unspecified atom stereocenters. The van der Waals surface area contributed by atoms with Gasteiger partial charge in [-0.15, -0.1) is 0 Å². The van der Waals surface area contributed by atoms with Crippen molar-refractivity contribution in [1.29, 1.82) is 0 Å². The molecule has 0 saturated carbocycles. The molecule has 1 rings (SSSR count). The second kappa shape index (κ2) is 6.02. The third-order valence-electron chi connectivity index (χ3n) is 3.25. The van der Waals surface area contributed by atoms with Crippen molar-refractivity contribution < 1.29 is 9.59 Å². The van der Waals surface area contributed by atoms with Gasteiger partial charge in [0.1, 0.15) is 0 Å². The Hall–Kier alpha value is -0.860. The number of amides is 1. The molecule has 1 atom stereocenters. The molecule has 1 saturated heterocycles. The second-order valence-electron chi connectivity index (χ2n) is 4.96. The highest BCUT2D eigenvalue weighted by molar-refractivity contribution is 6.36. The summed E-state index contributed by atoms with van der Waals surface area (Å²) in [5.41, 5.74) is 0. The van der Waals surface area contributed by atoms with Crippen molar-refractivity contribution in [3.63, 3.8) is 0 Å². The predicted octanol–water partition coefficient (Wildman–Crippen LogP) is 2.39. The first-order valence-electron chi connectivity index (χ1n) is 6.42. The van der Waals surface area contributed by atoms with Crippen LogP contribution in [-0.2, 0) is 9.59 Å². The lowest BCUT2D eigenvalue weighted by Crippen LogP contribution is -2.47. The van der Waals surface area contributed by atoms with Crippen LogP contribution in [0.25, 0.3) is 0 Å². The van der Waals surface area contributed by atoms with Crippen molar-refractivity contribution in [2.24, 2.45) is 5.92 Å². The summed E-state index contributed by atoms with van der Waals surface area (Å²) in [6.07, 6.45) is 5.38. The fourth-order valence-corrected chi connectivity index (χ4v) is 2.29. The summed E-state index contributed by atoms with van der Waals surface area (Å²) in [5, 5.41) is 0. The third kappa shape index (κ3) is 3.06. The molecule has 3 heteroatoms. The Morgan fingerprint density at radius 3 is 2.56 bits per heavy atom. The largest absolute Gasteiger partial charge is 0.333 e. The van der Waals surface area contributed by atoms with E-state index in [0.29, 0.717) is 6.04 Å². The van der Waals surface area contributed by atoms with Crippen LogP contribution in [0.3, 0.4) is 0 Å². The van der Waals surface area contributed by atoms with Gasteiger partial charge in [-0.3, -0.25) is 9.59 Å². The number of ketones is 1. The number of hydrogen-bond acceptors (Lipinski definition) is 2. The minimum atomic E-state index is -0.256. The van der Waals surface area contributed by atoms with Crippen molar-refractivity contribution in [2.45, 2.75) is 58.9 Å². The van der Waals surface area contributed by atoms with Gasteiger partial charge in [-0.25, -0.2) is 0 Å². The van der Waals surface area contributed by atoms with Crippen LogP contribution in [0, 0.1) is 5.92 Å². The van der Waals surface area contributed by atoms with Crippen LogP contribution in [0.1, 0.15) is 52.9 Å². The summed E-state index contributed by atoms with van der Waals surface area (Å²) in [5.74, 6) is -0.673. The maximum absolute atomic E-state index is 12.0. The minimum absolute atomic E-state index is 0.184. The van der Waals surface area contributed by atoms with Crippen molar-refractivity contribution in [3.05, 3.63) is 0 Å². The van der Waals surface area contributed by atoms with E-state index in [1.54, 1.807) is 13.8 Å². The van der Waals surface area contributed by atoms with Gasteiger partial charge in [0.15, 0.2) is 0 Å². The van der Waals surface area contributed by atoms with Gasteiger partial charge < -0.3 is 4.90 Å². The Morgan fingerprint density at radius 2 is 2.00 bits per heavy atom. The number of rotatable bonds is 4. The summed E-state index contributed by atoms with van der Waals surface area (Å²) in [7, 11) is 0. The van der Waals surface area contributed by atoms with Crippen LogP contribution < -0.4 is 0 Å². The van der Waals surface area contributed by atoms with Gasteiger partial charge in [-0.2, -0.15) is 0 Å². The molecule has 0 aromatic heterocycles. The van der Waals surface area contributed by atoms with E-state index in [9.17, 15) is 9.59 Å². The first-order valence-corrected chi connectivity index (χ1v) is 6.42. The molecule has 16 heavy (non-hydrogen) atoms. The van der Waals surface area contributed by atoms with E-state index in [1.807, 2.05) is 4.90 Å². The summed E-state index contributed by atoms with van der Waals surface area (Å²) >= 11 is 0. The van der Waals surface area contributed by atoms with Crippen LogP contribution in [-0.4, -0.2) is 29.2 Å². The number of likely N-dealkylation sites (tertiary alicyclic amines) is 1. The van der Waals surface area contributed by atoms with Crippen LogP contribution in [0.4, 0.5) is 0 Å². The number of nitrogens with zero attached hydrogens (tertiary/aromatic N) is 1. The molecule has 1 aliphatic heterocycles. The molecular formula is C13H23NO2. The fourth-order valence-electron chi connectivity index (χ4n) is 2.29. The topological polar surface area (TPSA) is 37.4 Å². The summed E-state index contributed by atoms with van der Waals surface area (Å²) in [4.78, 5) is 25.5. The summed E-state index contributed by atoms with van der Waals surface area (Å²) < 4.78 is 0. The minimum Gasteiger partial charge on any atom is -0.333 e. The lowest BCUT2D eigenvalue weighted by atomic mass is 9.96. The molecule has 0 aromatic carbocycles. The standard InChI is InChI=1S/C13H23NO2/c1-4-7-11-8-5-6-9-14(11)13(16)12(15)10(2)3/h10-11H,4-9H2,1-3H3. The van der Waals surface area contributed by atoms with Gasteiger partial charge in [0, 0.05) is 18.5 Å². The zero-order valence-electron chi connectivity index (χ0n) is 10.7. The molecule has 92 valence electrons. The highest BCUT2D eigenvalue weighted by Crippen LogP contribution is 2.21. The molecular weight excluding hydrogens is 202 g/mol. The molecule has 0 radical (unpaired) electrons. The first-order chi connectivity index (χ1) is 7.57. The Labute approximate surface area is 98.2 Å². The van der Waals surface area contributed by atoms with E-state index in [-0.39, 0.29) is 17.6 Å². The van der Waals surface area contributed by atoms with Gasteiger partial charge in [0.25, 0.3) is 5.91 Å². The highest BCUT2D eigenvalue weighted by Gasteiger charge is 2.30. The van der Waals surface area contributed by atoms with Gasteiger partial charge in [-0.1, -0.05) is 27.2 Å². The Balaban J connectivity index is 2.67. The molecule has 3 nitrogen and oxygen atoms in total. The lowest BCUT2D eigenvalue weighted by Gasteiger charge is -2.35. The number of Topliss-reactive ketones (excluding diaryl/α,β-unsaturated/α-hetero) is 1. The molecule has 1 amide bonds. The molecule has 1 heterocycles. The molecule has 1 fully saturated rings. The van der Waals surface area contributed by atoms with E-state index >= 15 is 0 Å². The van der Waals surface area contributed by atoms with Crippen molar-refractivity contribution in [1.82, 2.24) is 4.90 Å². The first kappa shape index (κ1) is 13.2. The van der Waals surface area contributed by atoms with E-state index in [1.165, 1.54) is 6.42 Å². The Morgan fingerprint density at radius 1 is 1.31 bits per heavy atom. The van der Waals surface area contributed by atoms with Crippen molar-refractivity contribution in [3.8, 4) is 0 Å². The molecule has 0 aromatic rings. The molecule has 0 bridgehead atoms. The van der Waals surface area contributed by atoms with E-state index in [0.717, 1.165) is 32.2 Å². The predicted molar refractivity (Wildman–Crippen MR) is 64.1 cm³/mol. The van der Waals surface area contributed by atoms with Crippen molar-refractivity contribution in [2.75, 3.05) is 6.54 Å². The average molecular weight is 225 g/mol. The molecule has 0 N–H and O–H groups in total. The van der Waals surface area contributed by atoms with Gasteiger partial charge in [-0.05, 0) is 25.7 Å². The zero-order valence-corrected chi connectivity index (χ0v) is 10.7. The van der Waals surface area contributed by atoms with E-state index < -0.39 is 0 Å². The normalized spacial score (nSPS) is 21.2. The highest BCUT2D eigenvalue weighted by atomic mass is 16.2. The number of carbonyl (C=O) groups is 2. The second-order valence-corrected chi connectivity index (χ2v) is 4.96. The molecule has 0 aliphatic carbocycles. The van der Waals surface area contributed by atoms with Crippen LogP contribution in [0.2, 0.25) is 0 Å². The Kier molecular flexibility index (Phi) is 4.97. The van der Waals surface area contributed by atoms with Gasteiger partial charge >= 0.3 is 0 Å². The third-order valence-corrected chi connectivity index (χ3v) is 3.25. The zero-order chi connectivity index (χ0) is 12.1.